The minimum Gasteiger partial charge on any atom is -0.478 e. The molecule has 0 fully saturated rings. The van der Waals surface area contributed by atoms with Crippen molar-refractivity contribution >= 4 is 23.3 Å². The number of benzene rings is 2. The Hall–Kier alpha value is -2.76. The highest BCUT2D eigenvalue weighted by Crippen LogP contribution is 2.30. The summed E-state index contributed by atoms with van der Waals surface area (Å²) in [5, 5.41) is 9.26. The van der Waals surface area contributed by atoms with Crippen molar-refractivity contribution in [3.63, 3.8) is 0 Å². The number of nitrogen functional groups attached to an aromatic ring is 1. The largest absolute Gasteiger partial charge is 0.478 e. The first-order chi connectivity index (χ1) is 10.3. The Labute approximate surface area is 124 Å². The van der Waals surface area contributed by atoms with Gasteiger partial charge in [-0.3, -0.25) is 0 Å². The van der Waals surface area contributed by atoms with E-state index in [0.29, 0.717) is 11.3 Å². The van der Waals surface area contributed by atoms with Crippen molar-refractivity contribution in [3.8, 4) is 0 Å². The number of carbonyl (C=O) groups is 1. The second-order valence-electron chi connectivity index (χ2n) is 4.61. The minimum atomic E-state index is -4.48. The lowest BCUT2D eigenvalue weighted by Crippen LogP contribution is -2.05. The molecule has 114 valence electrons. The zero-order valence-corrected chi connectivity index (χ0v) is 11.3. The van der Waals surface area contributed by atoms with Gasteiger partial charge in [-0.2, -0.15) is 13.2 Å². The maximum Gasteiger partial charge on any atom is 0.416 e. The van der Waals surface area contributed by atoms with Gasteiger partial charge in [-0.05, 0) is 41.5 Å². The highest BCUT2D eigenvalue weighted by molar-refractivity contribution is 6.20. The van der Waals surface area contributed by atoms with Crippen molar-refractivity contribution in [1.82, 2.24) is 0 Å². The molecule has 22 heavy (non-hydrogen) atoms. The predicted molar refractivity (Wildman–Crippen MR) is 77.8 cm³/mol. The number of hydrogen-bond acceptors (Lipinski definition) is 2. The summed E-state index contributed by atoms with van der Waals surface area (Å²) in [6.45, 7) is 0. The first kappa shape index (κ1) is 15.6. The van der Waals surface area contributed by atoms with E-state index in [1.54, 1.807) is 0 Å². The molecule has 3 N–H and O–H groups in total. The lowest BCUT2D eigenvalue weighted by Gasteiger charge is -2.08. The number of anilines is 1. The zero-order chi connectivity index (χ0) is 16.3. The summed E-state index contributed by atoms with van der Waals surface area (Å²) in [5.74, 6) is -1.23. The minimum absolute atomic E-state index is 0.112. The van der Waals surface area contributed by atoms with Crippen LogP contribution in [0.25, 0.3) is 11.6 Å². The van der Waals surface area contributed by atoms with Gasteiger partial charge in [-0.15, -0.1) is 0 Å². The number of hydrogen-bond donors (Lipinski definition) is 2. The molecule has 0 atom stereocenters. The van der Waals surface area contributed by atoms with Gasteiger partial charge in [0.2, 0.25) is 0 Å². The van der Waals surface area contributed by atoms with E-state index in [1.807, 2.05) is 0 Å². The smallest absolute Gasteiger partial charge is 0.416 e. The second kappa shape index (κ2) is 5.93. The monoisotopic (exact) mass is 307 g/mol. The fraction of sp³-hybridized carbons (Fsp3) is 0.0625. The number of rotatable bonds is 3. The average Bonchev–Trinajstić information content (AvgIpc) is 2.45. The predicted octanol–water partition coefficient (Wildman–Crippen LogP) is 3.91. The highest BCUT2D eigenvalue weighted by Gasteiger charge is 2.30. The van der Waals surface area contributed by atoms with Crippen molar-refractivity contribution in [2.75, 3.05) is 5.73 Å². The molecule has 0 aliphatic rings. The van der Waals surface area contributed by atoms with Crippen LogP contribution in [0.5, 0.6) is 0 Å². The lowest BCUT2D eigenvalue weighted by molar-refractivity contribution is -0.137. The Kier molecular flexibility index (Phi) is 4.21. The molecule has 0 saturated carbocycles. The van der Waals surface area contributed by atoms with E-state index in [2.05, 4.69) is 0 Å². The van der Waals surface area contributed by atoms with Crippen LogP contribution in [-0.2, 0) is 11.0 Å². The van der Waals surface area contributed by atoms with Gasteiger partial charge in [-0.1, -0.05) is 24.3 Å². The number of aliphatic carboxylic acids is 1. The van der Waals surface area contributed by atoms with Crippen LogP contribution in [0, 0.1) is 0 Å². The summed E-state index contributed by atoms with van der Waals surface area (Å²) >= 11 is 0. The summed E-state index contributed by atoms with van der Waals surface area (Å²) in [5.41, 5.74) is 5.57. The molecule has 0 aliphatic heterocycles. The first-order valence-corrected chi connectivity index (χ1v) is 6.25. The van der Waals surface area contributed by atoms with Gasteiger partial charge in [0.15, 0.2) is 0 Å². The Bertz CT molecular complexity index is 719. The van der Waals surface area contributed by atoms with Gasteiger partial charge in [-0.25, -0.2) is 4.79 Å². The topological polar surface area (TPSA) is 63.3 Å². The molecule has 0 heterocycles. The quantitative estimate of drug-likeness (QED) is 0.513. The number of alkyl halides is 3. The Balaban J connectivity index is 2.47. The van der Waals surface area contributed by atoms with Gasteiger partial charge in [0.1, 0.15) is 0 Å². The summed E-state index contributed by atoms with van der Waals surface area (Å²) in [4.78, 5) is 11.3. The third-order valence-corrected chi connectivity index (χ3v) is 2.98. The van der Waals surface area contributed by atoms with Crippen LogP contribution in [0.15, 0.2) is 48.5 Å². The van der Waals surface area contributed by atoms with Crippen molar-refractivity contribution in [2.24, 2.45) is 0 Å². The Morgan fingerprint density at radius 2 is 1.73 bits per heavy atom. The molecular formula is C16H12F3NO2. The van der Waals surface area contributed by atoms with E-state index in [-0.39, 0.29) is 11.1 Å². The lowest BCUT2D eigenvalue weighted by atomic mass is 10.0. The molecule has 2 aromatic rings. The van der Waals surface area contributed by atoms with Gasteiger partial charge < -0.3 is 10.8 Å². The van der Waals surface area contributed by atoms with E-state index >= 15 is 0 Å². The standard InChI is InChI=1S/C16H12F3NO2/c17-16(18,19)12-3-1-2-10(8-12)9-14(15(21)22)11-4-6-13(20)7-5-11/h1-9H,20H2,(H,21,22)/b14-9-. The van der Waals surface area contributed by atoms with Gasteiger partial charge in [0.25, 0.3) is 0 Å². The molecule has 2 aromatic carbocycles. The van der Waals surface area contributed by atoms with Crippen LogP contribution in [-0.4, -0.2) is 11.1 Å². The molecule has 0 unspecified atom stereocenters. The zero-order valence-electron chi connectivity index (χ0n) is 11.3. The van der Waals surface area contributed by atoms with Crippen LogP contribution >= 0.6 is 0 Å². The normalized spacial score (nSPS) is 12.2. The third kappa shape index (κ3) is 3.66. The molecule has 0 aliphatic carbocycles. The first-order valence-electron chi connectivity index (χ1n) is 6.25. The van der Waals surface area contributed by atoms with Gasteiger partial charge >= 0.3 is 12.1 Å². The molecule has 0 amide bonds. The van der Waals surface area contributed by atoms with Gasteiger partial charge in [0.05, 0.1) is 11.1 Å². The molecule has 0 aromatic heterocycles. The van der Waals surface area contributed by atoms with Crippen LogP contribution < -0.4 is 5.73 Å². The third-order valence-electron chi connectivity index (χ3n) is 2.98. The number of carboxylic acids is 1. The van der Waals surface area contributed by atoms with E-state index in [0.717, 1.165) is 12.1 Å². The molecule has 0 radical (unpaired) electrons. The van der Waals surface area contributed by atoms with Crippen LogP contribution in [0.1, 0.15) is 16.7 Å². The molecular weight excluding hydrogens is 295 g/mol. The average molecular weight is 307 g/mol. The van der Waals surface area contributed by atoms with Crippen molar-refractivity contribution in [1.29, 1.82) is 0 Å². The SMILES string of the molecule is Nc1ccc(/C(=C/c2cccc(C(F)(F)F)c2)C(=O)O)cc1. The maximum atomic E-state index is 12.7. The second-order valence-corrected chi connectivity index (χ2v) is 4.61. The maximum absolute atomic E-state index is 12.7. The molecule has 3 nitrogen and oxygen atoms in total. The summed E-state index contributed by atoms with van der Waals surface area (Å²) in [7, 11) is 0. The van der Waals surface area contributed by atoms with E-state index in [1.165, 1.54) is 42.5 Å². The number of halogens is 3. The van der Waals surface area contributed by atoms with Crippen molar-refractivity contribution in [2.45, 2.75) is 6.18 Å². The van der Waals surface area contributed by atoms with Gasteiger partial charge in [0, 0.05) is 5.69 Å². The Morgan fingerprint density at radius 1 is 1.09 bits per heavy atom. The van der Waals surface area contributed by atoms with Crippen molar-refractivity contribution < 1.29 is 23.1 Å². The van der Waals surface area contributed by atoms with E-state index in [9.17, 15) is 23.1 Å². The molecule has 0 saturated heterocycles. The summed E-state index contributed by atoms with van der Waals surface area (Å²) in [6, 6.07) is 10.5. The van der Waals surface area contributed by atoms with Crippen LogP contribution in [0.3, 0.4) is 0 Å². The molecule has 0 spiro atoms. The van der Waals surface area contributed by atoms with Crippen molar-refractivity contribution in [3.05, 3.63) is 65.2 Å². The summed E-state index contributed by atoms with van der Waals surface area (Å²) < 4.78 is 38.0. The van der Waals surface area contributed by atoms with E-state index < -0.39 is 17.7 Å². The fourth-order valence-electron chi connectivity index (χ4n) is 1.90. The molecule has 0 bridgehead atoms. The van der Waals surface area contributed by atoms with E-state index in [4.69, 9.17) is 5.73 Å². The number of nitrogens with two attached hydrogens (primary N) is 1. The highest BCUT2D eigenvalue weighted by atomic mass is 19.4. The molecule has 2 rings (SSSR count). The molecule has 6 heteroatoms. The van der Waals surface area contributed by atoms with Crippen LogP contribution in [0.4, 0.5) is 18.9 Å². The Morgan fingerprint density at radius 3 is 2.27 bits per heavy atom. The summed E-state index contributed by atoms with van der Waals surface area (Å²) in [6.07, 6.45) is -3.28. The van der Waals surface area contributed by atoms with Crippen LogP contribution in [0.2, 0.25) is 0 Å². The number of carboxylic acid groups (broad SMARTS) is 1. The fourth-order valence-corrected chi connectivity index (χ4v) is 1.90.